The first-order valence-corrected chi connectivity index (χ1v) is 9.63. The SMILES string of the molecule is Cc1ccccc1C(=O)NC(CC(C)C)C(=O)NCCc1ccc(Cl)cc1. The van der Waals surface area contributed by atoms with Crippen LogP contribution in [0.5, 0.6) is 0 Å². The second kappa shape index (κ2) is 10.1. The molecule has 0 aliphatic heterocycles. The van der Waals surface area contributed by atoms with E-state index in [2.05, 4.69) is 10.6 Å². The lowest BCUT2D eigenvalue weighted by molar-refractivity contribution is -0.123. The average Bonchev–Trinajstić information content (AvgIpc) is 2.62. The number of rotatable bonds is 8. The maximum atomic E-state index is 12.6. The van der Waals surface area contributed by atoms with E-state index in [1.165, 1.54) is 0 Å². The van der Waals surface area contributed by atoms with Gasteiger partial charge in [-0.15, -0.1) is 0 Å². The van der Waals surface area contributed by atoms with E-state index >= 15 is 0 Å². The molecule has 0 radical (unpaired) electrons. The Morgan fingerprint density at radius 3 is 2.33 bits per heavy atom. The van der Waals surface area contributed by atoms with Gasteiger partial charge in [-0.05, 0) is 55.0 Å². The van der Waals surface area contributed by atoms with Crippen LogP contribution in [0.3, 0.4) is 0 Å². The third-order valence-electron chi connectivity index (χ3n) is 4.34. The lowest BCUT2D eigenvalue weighted by Crippen LogP contribution is -2.48. The van der Waals surface area contributed by atoms with Gasteiger partial charge in [0.2, 0.25) is 5.91 Å². The minimum absolute atomic E-state index is 0.153. The lowest BCUT2D eigenvalue weighted by atomic mass is 10.0. The highest BCUT2D eigenvalue weighted by Crippen LogP contribution is 2.11. The minimum atomic E-state index is -0.553. The Hall–Kier alpha value is -2.33. The first-order valence-electron chi connectivity index (χ1n) is 9.25. The normalized spacial score (nSPS) is 11.9. The molecule has 1 unspecified atom stereocenters. The average molecular weight is 387 g/mol. The van der Waals surface area contributed by atoms with E-state index in [9.17, 15) is 9.59 Å². The molecule has 2 amide bonds. The molecular weight excluding hydrogens is 360 g/mol. The topological polar surface area (TPSA) is 58.2 Å². The molecule has 27 heavy (non-hydrogen) atoms. The summed E-state index contributed by atoms with van der Waals surface area (Å²) in [4.78, 5) is 25.2. The number of hydrogen-bond donors (Lipinski definition) is 2. The third kappa shape index (κ3) is 6.72. The van der Waals surface area contributed by atoms with Crippen molar-refractivity contribution in [3.8, 4) is 0 Å². The number of carbonyl (C=O) groups is 2. The number of halogens is 1. The van der Waals surface area contributed by atoms with Gasteiger partial charge in [-0.2, -0.15) is 0 Å². The van der Waals surface area contributed by atoms with E-state index in [-0.39, 0.29) is 17.7 Å². The van der Waals surface area contributed by atoms with Gasteiger partial charge in [-0.3, -0.25) is 9.59 Å². The number of aryl methyl sites for hydroxylation is 1. The maximum Gasteiger partial charge on any atom is 0.252 e. The largest absolute Gasteiger partial charge is 0.354 e. The Morgan fingerprint density at radius 2 is 1.70 bits per heavy atom. The zero-order chi connectivity index (χ0) is 19.8. The van der Waals surface area contributed by atoms with Gasteiger partial charge < -0.3 is 10.6 Å². The van der Waals surface area contributed by atoms with E-state index < -0.39 is 6.04 Å². The molecule has 0 spiro atoms. The molecule has 2 aromatic rings. The molecule has 0 aliphatic carbocycles. The van der Waals surface area contributed by atoms with Gasteiger partial charge in [0.15, 0.2) is 0 Å². The Balaban J connectivity index is 1.95. The molecule has 0 aromatic heterocycles. The van der Waals surface area contributed by atoms with Crippen molar-refractivity contribution in [1.29, 1.82) is 0 Å². The van der Waals surface area contributed by atoms with Crippen LogP contribution in [0.1, 0.15) is 41.8 Å². The minimum Gasteiger partial charge on any atom is -0.354 e. The highest BCUT2D eigenvalue weighted by Gasteiger charge is 2.22. The van der Waals surface area contributed by atoms with Crippen LogP contribution in [0.15, 0.2) is 48.5 Å². The van der Waals surface area contributed by atoms with Crippen LogP contribution in [0.4, 0.5) is 0 Å². The van der Waals surface area contributed by atoms with Crippen LogP contribution in [-0.4, -0.2) is 24.4 Å². The van der Waals surface area contributed by atoms with Gasteiger partial charge in [0.1, 0.15) is 6.04 Å². The van der Waals surface area contributed by atoms with Gasteiger partial charge in [0, 0.05) is 17.1 Å². The van der Waals surface area contributed by atoms with Gasteiger partial charge in [-0.1, -0.05) is 55.8 Å². The highest BCUT2D eigenvalue weighted by atomic mass is 35.5. The number of amides is 2. The second-order valence-corrected chi connectivity index (χ2v) is 7.57. The number of carbonyl (C=O) groups excluding carboxylic acids is 2. The Morgan fingerprint density at radius 1 is 1.04 bits per heavy atom. The number of nitrogens with one attached hydrogen (secondary N) is 2. The van der Waals surface area contributed by atoms with Crippen molar-refractivity contribution in [2.45, 2.75) is 39.7 Å². The van der Waals surface area contributed by atoms with Crippen LogP contribution in [-0.2, 0) is 11.2 Å². The van der Waals surface area contributed by atoms with Crippen molar-refractivity contribution in [1.82, 2.24) is 10.6 Å². The van der Waals surface area contributed by atoms with Crippen molar-refractivity contribution in [3.05, 3.63) is 70.2 Å². The smallest absolute Gasteiger partial charge is 0.252 e. The Bertz CT molecular complexity index is 772. The van der Waals surface area contributed by atoms with Gasteiger partial charge in [0.05, 0.1) is 0 Å². The van der Waals surface area contributed by atoms with E-state index in [0.717, 1.165) is 11.1 Å². The van der Waals surface area contributed by atoms with Crippen LogP contribution >= 0.6 is 11.6 Å². The monoisotopic (exact) mass is 386 g/mol. The standard InChI is InChI=1S/C22H27ClN2O2/c1-15(2)14-20(25-21(26)19-7-5-4-6-16(19)3)22(27)24-13-12-17-8-10-18(23)11-9-17/h4-11,15,20H,12-14H2,1-3H3,(H,24,27)(H,25,26). The maximum absolute atomic E-state index is 12.6. The molecule has 0 saturated heterocycles. The van der Waals surface area contributed by atoms with Crippen molar-refractivity contribution in [2.24, 2.45) is 5.92 Å². The Kier molecular flexibility index (Phi) is 7.86. The summed E-state index contributed by atoms with van der Waals surface area (Å²) in [6.07, 6.45) is 1.30. The van der Waals surface area contributed by atoms with Crippen molar-refractivity contribution in [2.75, 3.05) is 6.54 Å². The van der Waals surface area contributed by atoms with Crippen LogP contribution in [0.25, 0.3) is 0 Å². The summed E-state index contributed by atoms with van der Waals surface area (Å²) >= 11 is 5.89. The van der Waals surface area contributed by atoms with Gasteiger partial charge in [-0.25, -0.2) is 0 Å². The summed E-state index contributed by atoms with van der Waals surface area (Å²) in [7, 11) is 0. The predicted octanol–water partition coefficient (Wildman–Crippen LogP) is 4.15. The molecular formula is C22H27ClN2O2. The predicted molar refractivity (Wildman–Crippen MR) is 110 cm³/mol. The molecule has 0 saturated carbocycles. The van der Waals surface area contributed by atoms with E-state index in [1.807, 2.05) is 63.2 Å². The first kappa shape index (κ1) is 21.0. The summed E-state index contributed by atoms with van der Waals surface area (Å²) in [5, 5.41) is 6.52. The molecule has 0 fully saturated rings. The first-order chi connectivity index (χ1) is 12.9. The van der Waals surface area contributed by atoms with Crippen LogP contribution in [0.2, 0.25) is 5.02 Å². The zero-order valence-corrected chi connectivity index (χ0v) is 16.8. The molecule has 0 heterocycles. The van der Waals surface area contributed by atoms with Crippen molar-refractivity contribution < 1.29 is 9.59 Å². The molecule has 1 atom stereocenters. The van der Waals surface area contributed by atoms with E-state index in [4.69, 9.17) is 11.6 Å². The van der Waals surface area contributed by atoms with Gasteiger partial charge in [0.25, 0.3) is 5.91 Å². The Labute approximate surface area is 166 Å². The molecule has 5 heteroatoms. The summed E-state index contributed by atoms with van der Waals surface area (Å²) in [6.45, 7) is 6.47. The summed E-state index contributed by atoms with van der Waals surface area (Å²) in [5.74, 6) is -0.0830. The lowest BCUT2D eigenvalue weighted by Gasteiger charge is -2.20. The van der Waals surface area contributed by atoms with Crippen molar-refractivity contribution >= 4 is 23.4 Å². The molecule has 144 valence electrons. The fourth-order valence-corrected chi connectivity index (χ4v) is 3.00. The number of hydrogen-bond acceptors (Lipinski definition) is 2. The molecule has 2 rings (SSSR count). The van der Waals surface area contributed by atoms with E-state index in [0.29, 0.717) is 30.0 Å². The molecule has 2 aromatic carbocycles. The quantitative estimate of drug-likeness (QED) is 0.715. The summed E-state index contributed by atoms with van der Waals surface area (Å²) in [5.41, 5.74) is 2.59. The third-order valence-corrected chi connectivity index (χ3v) is 4.60. The molecule has 4 nitrogen and oxygen atoms in total. The number of benzene rings is 2. The van der Waals surface area contributed by atoms with Crippen LogP contribution < -0.4 is 10.6 Å². The highest BCUT2D eigenvalue weighted by molar-refractivity contribution is 6.30. The van der Waals surface area contributed by atoms with E-state index in [1.54, 1.807) is 6.07 Å². The molecule has 0 aliphatic rings. The fraction of sp³-hybridized carbons (Fsp3) is 0.364. The van der Waals surface area contributed by atoms with Gasteiger partial charge >= 0.3 is 0 Å². The van der Waals surface area contributed by atoms with Crippen LogP contribution in [0, 0.1) is 12.8 Å². The summed E-state index contributed by atoms with van der Waals surface area (Å²) in [6, 6.07) is 14.4. The van der Waals surface area contributed by atoms with Crippen molar-refractivity contribution in [3.63, 3.8) is 0 Å². The molecule has 2 N–H and O–H groups in total. The molecule has 0 bridgehead atoms. The zero-order valence-electron chi connectivity index (χ0n) is 16.1. The second-order valence-electron chi connectivity index (χ2n) is 7.14. The summed E-state index contributed by atoms with van der Waals surface area (Å²) < 4.78 is 0. The fourth-order valence-electron chi connectivity index (χ4n) is 2.87.